The van der Waals surface area contributed by atoms with Crippen molar-refractivity contribution in [2.45, 2.75) is 6.92 Å². The van der Waals surface area contributed by atoms with E-state index in [0.717, 1.165) is 0 Å². The van der Waals surface area contributed by atoms with Crippen molar-refractivity contribution in [3.8, 4) is 11.9 Å². The summed E-state index contributed by atoms with van der Waals surface area (Å²) in [4.78, 5) is 20.3. The number of rotatable bonds is 7. The van der Waals surface area contributed by atoms with Crippen molar-refractivity contribution in [3.05, 3.63) is 58.9 Å². The van der Waals surface area contributed by atoms with Crippen LogP contribution in [0.1, 0.15) is 12.5 Å². The third kappa shape index (κ3) is 6.00. The number of fused-ring (bicyclic) bond motifs is 1. The number of amidine groups is 1. The first kappa shape index (κ1) is 24.0. The summed E-state index contributed by atoms with van der Waals surface area (Å²) in [7, 11) is 3.81. The van der Waals surface area contributed by atoms with Crippen LogP contribution < -0.4 is 15.4 Å². The molecule has 0 spiro atoms. The topological polar surface area (TPSA) is 93.0 Å². The zero-order valence-electron chi connectivity index (χ0n) is 18.5. The zero-order chi connectivity index (χ0) is 24.0. The average molecular weight is 471 g/mol. The Labute approximate surface area is 196 Å². The van der Waals surface area contributed by atoms with Gasteiger partial charge in [-0.2, -0.15) is 5.26 Å². The van der Waals surface area contributed by atoms with Gasteiger partial charge in [-0.3, -0.25) is 4.79 Å². The van der Waals surface area contributed by atoms with Gasteiger partial charge in [0, 0.05) is 24.3 Å². The largest absolute Gasteiger partial charge is 0.492 e. The predicted molar refractivity (Wildman–Crippen MR) is 127 cm³/mol. The van der Waals surface area contributed by atoms with Crippen LogP contribution in [0.4, 0.5) is 21.5 Å². The molecule has 0 saturated carbocycles. The monoisotopic (exact) mass is 470 g/mol. The minimum absolute atomic E-state index is 0.0707. The predicted octanol–water partition coefficient (Wildman–Crippen LogP) is 4.18. The number of nitriles is 1. The summed E-state index contributed by atoms with van der Waals surface area (Å²) in [6.07, 6.45) is 5.28. The van der Waals surface area contributed by atoms with Crippen molar-refractivity contribution in [1.29, 1.82) is 5.26 Å². The smallest absolute Gasteiger partial charge is 0.248 e. The van der Waals surface area contributed by atoms with Gasteiger partial charge < -0.3 is 20.3 Å². The highest BCUT2D eigenvalue weighted by atomic mass is 35.5. The second kappa shape index (κ2) is 10.8. The molecule has 2 N–H and O–H groups in total. The molecular formula is C23H24ClFN6O2. The zero-order valence-corrected chi connectivity index (χ0v) is 19.3. The number of benzene rings is 2. The van der Waals surface area contributed by atoms with Crippen LogP contribution in [0.2, 0.25) is 5.02 Å². The first-order chi connectivity index (χ1) is 15.8. The molecule has 8 nitrogen and oxygen atoms in total. The third-order valence-electron chi connectivity index (χ3n) is 4.60. The lowest BCUT2D eigenvalue weighted by atomic mass is 10.1. The fraction of sp³-hybridized carbons (Fsp3) is 0.261. The van der Waals surface area contributed by atoms with E-state index in [2.05, 4.69) is 21.8 Å². The number of carbonyl (C=O) groups excluding carboxylic acids is 1. The molecule has 2 aromatic rings. The van der Waals surface area contributed by atoms with Crippen molar-refractivity contribution >= 4 is 40.4 Å². The second-order valence-electron chi connectivity index (χ2n) is 7.38. The van der Waals surface area contributed by atoms with Crippen molar-refractivity contribution in [2.75, 3.05) is 44.5 Å². The molecule has 0 aromatic heterocycles. The van der Waals surface area contributed by atoms with E-state index < -0.39 is 5.82 Å². The van der Waals surface area contributed by atoms with Crippen LogP contribution in [-0.4, -0.2) is 55.5 Å². The molecule has 1 aliphatic rings. The van der Waals surface area contributed by atoms with E-state index in [9.17, 15) is 14.4 Å². The van der Waals surface area contributed by atoms with Gasteiger partial charge in [-0.1, -0.05) is 17.7 Å². The Morgan fingerprint density at radius 2 is 2.21 bits per heavy atom. The first-order valence-corrected chi connectivity index (χ1v) is 10.6. The minimum Gasteiger partial charge on any atom is -0.492 e. The van der Waals surface area contributed by atoms with Crippen LogP contribution in [-0.2, 0) is 4.79 Å². The molecule has 1 aliphatic heterocycles. The number of nitrogens with zero attached hydrogens (tertiary/aromatic N) is 4. The number of hydrogen-bond acceptors (Lipinski definition) is 6. The molecule has 33 heavy (non-hydrogen) atoms. The summed E-state index contributed by atoms with van der Waals surface area (Å²) >= 11 is 5.89. The lowest BCUT2D eigenvalue weighted by Gasteiger charge is -2.28. The van der Waals surface area contributed by atoms with Crippen LogP contribution in [0.15, 0.2) is 47.5 Å². The average Bonchev–Trinajstić information content (AvgIpc) is 2.77. The maximum absolute atomic E-state index is 13.6. The van der Waals surface area contributed by atoms with E-state index in [-0.39, 0.29) is 17.6 Å². The summed E-state index contributed by atoms with van der Waals surface area (Å²) in [6, 6.07) is 7.51. The Balaban J connectivity index is 2.04. The number of nitrogens with one attached hydrogen (secondary N) is 2. The van der Waals surface area contributed by atoms with Crippen LogP contribution >= 0.6 is 11.6 Å². The standard InChI is InChI=1S/C23H24ClFN6O2/c1-4-33-21-12-19-16(11-20(21)29-22(32)6-5-9-30(2)3)23(31(13-26)14-27-19)28-15-7-8-18(25)17(24)10-15/h5-8,10-12,27H,4,9,14H2,1-3H3,(H,29,32). The quantitative estimate of drug-likeness (QED) is 0.466. The van der Waals surface area contributed by atoms with Gasteiger partial charge in [0.1, 0.15) is 18.2 Å². The van der Waals surface area contributed by atoms with Gasteiger partial charge in [-0.05, 0) is 45.3 Å². The van der Waals surface area contributed by atoms with Gasteiger partial charge >= 0.3 is 0 Å². The van der Waals surface area contributed by atoms with Crippen LogP contribution in [0.5, 0.6) is 5.75 Å². The molecular weight excluding hydrogens is 447 g/mol. The molecule has 0 aliphatic carbocycles. The number of aliphatic imine (C=N–C) groups is 1. The molecule has 172 valence electrons. The van der Waals surface area contributed by atoms with E-state index in [4.69, 9.17) is 16.3 Å². The molecule has 3 rings (SSSR count). The normalized spacial score (nSPS) is 14.2. The second-order valence-corrected chi connectivity index (χ2v) is 7.78. The van der Waals surface area contributed by atoms with Crippen LogP contribution in [0, 0.1) is 17.3 Å². The highest BCUT2D eigenvalue weighted by molar-refractivity contribution is 6.31. The maximum Gasteiger partial charge on any atom is 0.248 e. The van der Waals surface area contributed by atoms with Gasteiger partial charge in [0.2, 0.25) is 5.91 Å². The fourth-order valence-electron chi connectivity index (χ4n) is 3.09. The molecule has 0 bridgehead atoms. The number of likely N-dealkylation sites (N-methyl/N-ethyl adjacent to an activating group) is 1. The number of carbonyl (C=O) groups is 1. The van der Waals surface area contributed by atoms with Crippen molar-refractivity contribution in [3.63, 3.8) is 0 Å². The Morgan fingerprint density at radius 3 is 2.88 bits per heavy atom. The SMILES string of the molecule is CCOc1cc2c(cc1NC(=O)C=CCN(C)C)C(=Nc1ccc(F)c(Cl)c1)N(C#N)CN2. The molecule has 1 heterocycles. The molecule has 0 fully saturated rings. The summed E-state index contributed by atoms with van der Waals surface area (Å²) in [5.41, 5.74) is 2.06. The highest BCUT2D eigenvalue weighted by Crippen LogP contribution is 2.35. The number of ether oxygens (including phenoxy) is 1. The van der Waals surface area contributed by atoms with Crippen LogP contribution in [0.3, 0.4) is 0 Å². The summed E-state index contributed by atoms with van der Waals surface area (Å²) < 4.78 is 19.3. The molecule has 1 amide bonds. The first-order valence-electron chi connectivity index (χ1n) is 10.2. The Morgan fingerprint density at radius 1 is 1.42 bits per heavy atom. The van der Waals surface area contributed by atoms with E-state index in [1.54, 1.807) is 18.2 Å². The van der Waals surface area contributed by atoms with Gasteiger partial charge in [0.05, 0.1) is 28.7 Å². The molecule has 0 unspecified atom stereocenters. The molecule has 0 radical (unpaired) electrons. The molecule has 0 atom stereocenters. The van der Waals surface area contributed by atoms with Crippen molar-refractivity contribution < 1.29 is 13.9 Å². The third-order valence-corrected chi connectivity index (χ3v) is 4.89. The Bertz CT molecular complexity index is 1140. The van der Waals surface area contributed by atoms with Crippen molar-refractivity contribution in [2.24, 2.45) is 4.99 Å². The number of hydrogen-bond donors (Lipinski definition) is 2. The van der Waals surface area contributed by atoms with Gasteiger partial charge in [0.15, 0.2) is 12.0 Å². The molecule has 0 saturated heterocycles. The Kier molecular flexibility index (Phi) is 7.87. The maximum atomic E-state index is 13.6. The van der Waals surface area contributed by atoms with Gasteiger partial charge in [-0.25, -0.2) is 14.3 Å². The minimum atomic E-state index is -0.558. The van der Waals surface area contributed by atoms with Gasteiger partial charge in [0.25, 0.3) is 0 Å². The number of halogens is 2. The van der Waals surface area contributed by atoms with Crippen molar-refractivity contribution in [1.82, 2.24) is 9.80 Å². The lowest BCUT2D eigenvalue weighted by Crippen LogP contribution is -2.37. The van der Waals surface area contributed by atoms with E-state index in [0.29, 0.717) is 47.4 Å². The summed E-state index contributed by atoms with van der Waals surface area (Å²) in [5, 5.41) is 15.5. The number of anilines is 2. The molecule has 10 heteroatoms. The van der Waals surface area contributed by atoms with E-state index >= 15 is 0 Å². The van der Waals surface area contributed by atoms with E-state index in [1.807, 2.05) is 25.9 Å². The van der Waals surface area contributed by atoms with E-state index in [1.165, 1.54) is 29.2 Å². The Hall–Kier alpha value is -3.61. The fourth-order valence-corrected chi connectivity index (χ4v) is 3.27. The highest BCUT2D eigenvalue weighted by Gasteiger charge is 2.25. The summed E-state index contributed by atoms with van der Waals surface area (Å²) in [6.45, 7) is 3.05. The molecule has 2 aromatic carbocycles. The van der Waals surface area contributed by atoms with Gasteiger partial charge in [-0.15, -0.1) is 0 Å². The van der Waals surface area contributed by atoms with Crippen LogP contribution in [0.25, 0.3) is 0 Å². The summed E-state index contributed by atoms with van der Waals surface area (Å²) in [5.74, 6) is -0.0667. The lowest BCUT2D eigenvalue weighted by molar-refractivity contribution is -0.111. The number of amides is 1.